The van der Waals surface area contributed by atoms with Crippen molar-refractivity contribution in [3.63, 3.8) is 0 Å². The lowest BCUT2D eigenvalue weighted by atomic mass is 9.87. The summed E-state index contributed by atoms with van der Waals surface area (Å²) in [4.78, 5) is 0. The van der Waals surface area contributed by atoms with Crippen LogP contribution in [0.15, 0.2) is 18.2 Å². The van der Waals surface area contributed by atoms with Crippen molar-refractivity contribution in [3.05, 3.63) is 35.4 Å². The van der Waals surface area contributed by atoms with Crippen molar-refractivity contribution < 1.29 is 13.5 Å². The van der Waals surface area contributed by atoms with E-state index in [2.05, 4.69) is 5.32 Å². The largest absolute Gasteiger partial charge is 0.374 e. The predicted octanol–water partition coefficient (Wildman–Crippen LogP) is 3.83. The zero-order valence-corrected chi connectivity index (χ0v) is 12.9. The first-order chi connectivity index (χ1) is 10.1. The molecule has 21 heavy (non-hydrogen) atoms. The molecule has 0 spiro atoms. The quantitative estimate of drug-likeness (QED) is 0.826. The van der Waals surface area contributed by atoms with Gasteiger partial charge in [0.1, 0.15) is 11.6 Å². The monoisotopic (exact) mass is 297 g/mol. The van der Waals surface area contributed by atoms with Crippen LogP contribution in [0.2, 0.25) is 0 Å². The van der Waals surface area contributed by atoms with Crippen molar-refractivity contribution in [1.29, 1.82) is 0 Å². The first kappa shape index (κ1) is 16.4. The van der Waals surface area contributed by atoms with Crippen LogP contribution in [0.25, 0.3) is 0 Å². The first-order valence-electron chi connectivity index (χ1n) is 7.92. The van der Waals surface area contributed by atoms with Gasteiger partial charge in [-0.15, -0.1) is 0 Å². The van der Waals surface area contributed by atoms with Gasteiger partial charge >= 0.3 is 0 Å². The fourth-order valence-electron chi connectivity index (χ4n) is 3.46. The van der Waals surface area contributed by atoms with Gasteiger partial charge < -0.3 is 10.1 Å². The molecule has 118 valence electrons. The molecule has 0 amide bonds. The molecule has 0 radical (unpaired) electrons. The number of hydrogen-bond donors (Lipinski definition) is 1. The Morgan fingerprint density at radius 3 is 2.57 bits per heavy atom. The summed E-state index contributed by atoms with van der Waals surface area (Å²) < 4.78 is 33.4. The first-order valence-corrected chi connectivity index (χ1v) is 7.92. The van der Waals surface area contributed by atoms with Crippen molar-refractivity contribution >= 4 is 0 Å². The van der Waals surface area contributed by atoms with Gasteiger partial charge in [-0.05, 0) is 56.5 Å². The van der Waals surface area contributed by atoms with E-state index in [0.29, 0.717) is 18.6 Å². The average Bonchev–Trinajstić information content (AvgIpc) is 2.92. The molecule has 1 aromatic rings. The van der Waals surface area contributed by atoms with Crippen LogP contribution in [-0.4, -0.2) is 24.8 Å². The molecule has 0 bridgehead atoms. The van der Waals surface area contributed by atoms with Gasteiger partial charge in [0.05, 0.1) is 5.60 Å². The summed E-state index contributed by atoms with van der Waals surface area (Å²) in [5.74, 6) is -0.734. The summed E-state index contributed by atoms with van der Waals surface area (Å²) in [6.45, 7) is 5.46. The third-order valence-electron chi connectivity index (χ3n) is 4.40. The molecule has 4 heteroatoms. The Labute approximate surface area is 125 Å². The van der Waals surface area contributed by atoms with Crippen LogP contribution in [0.1, 0.15) is 45.1 Å². The van der Waals surface area contributed by atoms with Crippen LogP contribution < -0.4 is 5.32 Å². The van der Waals surface area contributed by atoms with Gasteiger partial charge in [0, 0.05) is 12.6 Å². The minimum absolute atomic E-state index is 0.0150. The number of benzene rings is 1. The van der Waals surface area contributed by atoms with Crippen molar-refractivity contribution in [3.8, 4) is 0 Å². The molecule has 0 heterocycles. The second-order valence-electron chi connectivity index (χ2n) is 5.76. The van der Waals surface area contributed by atoms with E-state index >= 15 is 0 Å². The van der Waals surface area contributed by atoms with Gasteiger partial charge in [-0.2, -0.15) is 0 Å². The molecule has 1 aliphatic carbocycles. The molecular weight excluding hydrogens is 272 g/mol. The van der Waals surface area contributed by atoms with E-state index in [1.54, 1.807) is 0 Å². The second kappa shape index (κ2) is 7.32. The molecule has 1 aliphatic rings. The lowest BCUT2D eigenvalue weighted by molar-refractivity contribution is -0.0611. The second-order valence-corrected chi connectivity index (χ2v) is 5.76. The Hall–Kier alpha value is -1.00. The van der Waals surface area contributed by atoms with Gasteiger partial charge in [0.2, 0.25) is 0 Å². The number of halogens is 2. The predicted molar refractivity (Wildman–Crippen MR) is 80.4 cm³/mol. The fourth-order valence-corrected chi connectivity index (χ4v) is 3.46. The number of hydrogen-bond acceptors (Lipinski definition) is 2. The Bertz CT molecular complexity index is 458. The van der Waals surface area contributed by atoms with E-state index in [4.69, 9.17) is 4.74 Å². The maximum absolute atomic E-state index is 13.9. The SMILES string of the molecule is CCNC(Cc1cc(F)ccc1F)C1(OCC)CCCC1. The lowest BCUT2D eigenvalue weighted by Gasteiger charge is -2.38. The van der Waals surface area contributed by atoms with E-state index in [1.165, 1.54) is 12.1 Å². The third-order valence-corrected chi connectivity index (χ3v) is 4.40. The highest BCUT2D eigenvalue weighted by Gasteiger charge is 2.42. The minimum Gasteiger partial charge on any atom is -0.374 e. The van der Waals surface area contributed by atoms with Crippen molar-refractivity contribution in [2.75, 3.05) is 13.2 Å². The van der Waals surface area contributed by atoms with E-state index in [0.717, 1.165) is 38.3 Å². The molecular formula is C17H25F2NO. The van der Waals surface area contributed by atoms with E-state index < -0.39 is 5.82 Å². The molecule has 1 aromatic carbocycles. The van der Waals surface area contributed by atoms with Gasteiger partial charge in [0.15, 0.2) is 0 Å². The molecule has 0 aromatic heterocycles. The Kier molecular flexibility index (Phi) is 5.71. The van der Waals surface area contributed by atoms with Crippen molar-refractivity contribution in [2.24, 2.45) is 0 Å². The van der Waals surface area contributed by atoms with Gasteiger partial charge in [-0.3, -0.25) is 0 Å². The number of rotatable bonds is 7. The van der Waals surface area contributed by atoms with Crippen LogP contribution >= 0.6 is 0 Å². The van der Waals surface area contributed by atoms with Gasteiger partial charge in [-0.1, -0.05) is 19.8 Å². The Balaban J connectivity index is 2.23. The number of likely N-dealkylation sites (N-methyl/N-ethyl adjacent to an activating group) is 1. The van der Waals surface area contributed by atoms with Crippen LogP contribution in [0, 0.1) is 11.6 Å². The summed E-state index contributed by atoms with van der Waals surface area (Å²) in [5, 5.41) is 3.43. The molecule has 1 atom stereocenters. The Morgan fingerprint density at radius 1 is 1.24 bits per heavy atom. The molecule has 1 N–H and O–H groups in total. The van der Waals surface area contributed by atoms with Crippen molar-refractivity contribution in [2.45, 2.75) is 57.6 Å². The molecule has 2 rings (SSSR count). The third kappa shape index (κ3) is 3.80. The maximum Gasteiger partial charge on any atom is 0.126 e. The highest BCUT2D eigenvalue weighted by Crippen LogP contribution is 2.37. The summed E-state index contributed by atoms with van der Waals surface area (Å²) >= 11 is 0. The Morgan fingerprint density at radius 2 is 1.95 bits per heavy atom. The summed E-state index contributed by atoms with van der Waals surface area (Å²) in [6.07, 6.45) is 4.68. The van der Waals surface area contributed by atoms with Gasteiger partial charge in [0.25, 0.3) is 0 Å². The highest BCUT2D eigenvalue weighted by molar-refractivity contribution is 5.21. The van der Waals surface area contributed by atoms with E-state index in [-0.39, 0.29) is 17.5 Å². The average molecular weight is 297 g/mol. The summed E-state index contributed by atoms with van der Waals surface area (Å²) in [6, 6.07) is 3.68. The molecule has 1 unspecified atom stereocenters. The minimum atomic E-state index is -0.390. The molecule has 0 aliphatic heterocycles. The van der Waals surface area contributed by atoms with Crippen LogP contribution in [-0.2, 0) is 11.2 Å². The van der Waals surface area contributed by atoms with E-state index in [1.807, 2.05) is 13.8 Å². The van der Waals surface area contributed by atoms with Crippen LogP contribution in [0.3, 0.4) is 0 Å². The topological polar surface area (TPSA) is 21.3 Å². The zero-order chi connectivity index (χ0) is 15.3. The normalized spacial score (nSPS) is 18.9. The molecule has 1 fully saturated rings. The van der Waals surface area contributed by atoms with Crippen LogP contribution in [0.4, 0.5) is 8.78 Å². The summed E-state index contributed by atoms with van der Waals surface area (Å²) in [7, 11) is 0. The standard InChI is InChI=1S/C17H25F2NO/c1-3-20-16(17(21-4-2)9-5-6-10-17)12-13-11-14(18)7-8-15(13)19/h7-8,11,16,20H,3-6,9-10,12H2,1-2H3. The molecule has 0 saturated heterocycles. The van der Waals surface area contributed by atoms with Crippen molar-refractivity contribution in [1.82, 2.24) is 5.32 Å². The molecule has 1 saturated carbocycles. The number of nitrogens with one attached hydrogen (secondary N) is 1. The summed E-state index contributed by atoms with van der Waals surface area (Å²) in [5.41, 5.74) is 0.177. The highest BCUT2D eigenvalue weighted by atomic mass is 19.1. The lowest BCUT2D eigenvalue weighted by Crippen LogP contribution is -2.52. The smallest absolute Gasteiger partial charge is 0.126 e. The van der Waals surface area contributed by atoms with E-state index in [9.17, 15) is 8.78 Å². The zero-order valence-electron chi connectivity index (χ0n) is 12.9. The van der Waals surface area contributed by atoms with Gasteiger partial charge in [-0.25, -0.2) is 8.78 Å². The molecule has 2 nitrogen and oxygen atoms in total. The fraction of sp³-hybridized carbons (Fsp3) is 0.647. The number of ether oxygens (including phenoxy) is 1. The van der Waals surface area contributed by atoms with Crippen LogP contribution in [0.5, 0.6) is 0 Å². The maximum atomic E-state index is 13.9.